The van der Waals surface area contributed by atoms with Crippen LogP contribution in [0.15, 0.2) is 48.5 Å². The average Bonchev–Trinajstić information content (AvgIpc) is 2.75. The first-order valence-electron chi connectivity index (χ1n) is 9.87. The molecular weight excluding hydrogens is 456 g/mol. The van der Waals surface area contributed by atoms with Gasteiger partial charge in [-0.3, -0.25) is 29.8 Å². The van der Waals surface area contributed by atoms with Gasteiger partial charge in [0.05, 0.1) is 21.5 Å². The van der Waals surface area contributed by atoms with Crippen LogP contribution in [0.25, 0.3) is 0 Å². The van der Waals surface area contributed by atoms with Gasteiger partial charge in [0.1, 0.15) is 6.04 Å². The summed E-state index contributed by atoms with van der Waals surface area (Å²) < 4.78 is 16.0. The van der Waals surface area contributed by atoms with Crippen molar-refractivity contribution in [3.8, 4) is 0 Å². The van der Waals surface area contributed by atoms with Crippen LogP contribution < -0.4 is 10.6 Å². The summed E-state index contributed by atoms with van der Waals surface area (Å²) in [4.78, 5) is 46.2. The van der Waals surface area contributed by atoms with E-state index in [2.05, 4.69) is 10.6 Å². The zero-order valence-electron chi connectivity index (χ0n) is 17.0. The van der Waals surface area contributed by atoms with Crippen molar-refractivity contribution in [3.05, 3.63) is 79.9 Å². The molecule has 2 N–H and O–H groups in total. The SMILES string of the molecule is O=C(N[C@H](C(=O)NCCC[Si]12OC(O1)O2)c1ccccc1)c1cc([N+](=O)[O-])cc([N+](=O)[O-])c1. The Bertz CT molecular complexity index is 1060. The fourth-order valence-electron chi connectivity index (χ4n) is 3.36. The van der Waals surface area contributed by atoms with Gasteiger partial charge < -0.3 is 23.9 Å². The number of carbonyl (C=O) groups excluding carboxylic acids is 2. The molecule has 13 nitrogen and oxygen atoms in total. The summed E-state index contributed by atoms with van der Waals surface area (Å²) >= 11 is 0. The highest BCUT2D eigenvalue weighted by Crippen LogP contribution is 2.43. The molecule has 0 aromatic heterocycles. The lowest BCUT2D eigenvalue weighted by atomic mass is 10.0. The molecule has 2 aromatic carbocycles. The maximum Gasteiger partial charge on any atom is 0.511 e. The lowest BCUT2D eigenvalue weighted by Gasteiger charge is -2.55. The second-order valence-electron chi connectivity index (χ2n) is 7.29. The van der Waals surface area contributed by atoms with Crippen LogP contribution in [0.4, 0.5) is 11.4 Å². The zero-order valence-corrected chi connectivity index (χ0v) is 18.0. The number of hydrogen-bond donors (Lipinski definition) is 2. The minimum absolute atomic E-state index is 0.274. The molecule has 3 aliphatic heterocycles. The predicted molar refractivity (Wildman–Crippen MR) is 112 cm³/mol. The number of amides is 2. The zero-order chi connectivity index (χ0) is 23.6. The van der Waals surface area contributed by atoms with E-state index in [0.29, 0.717) is 18.0 Å². The van der Waals surface area contributed by atoms with Gasteiger partial charge in [-0.25, -0.2) is 0 Å². The van der Waals surface area contributed by atoms with E-state index in [1.807, 2.05) is 0 Å². The molecule has 5 rings (SSSR count). The van der Waals surface area contributed by atoms with E-state index < -0.39 is 54.4 Å². The monoisotopic (exact) mass is 474 g/mol. The number of rotatable bonds is 10. The van der Waals surface area contributed by atoms with Crippen molar-refractivity contribution in [3.63, 3.8) is 0 Å². The average molecular weight is 474 g/mol. The number of hydrogen-bond acceptors (Lipinski definition) is 9. The van der Waals surface area contributed by atoms with Gasteiger partial charge in [0.25, 0.3) is 23.8 Å². The van der Waals surface area contributed by atoms with Crippen LogP contribution in [0.1, 0.15) is 28.4 Å². The van der Waals surface area contributed by atoms with E-state index >= 15 is 0 Å². The third kappa shape index (κ3) is 4.88. The summed E-state index contributed by atoms with van der Waals surface area (Å²) in [5.41, 5.74) is -1.07. The Kier molecular flexibility index (Phi) is 6.15. The molecule has 33 heavy (non-hydrogen) atoms. The second kappa shape index (κ2) is 9.03. The maximum absolute atomic E-state index is 12.9. The van der Waals surface area contributed by atoms with Gasteiger partial charge in [-0.1, -0.05) is 30.3 Å². The van der Waals surface area contributed by atoms with Crippen LogP contribution in [0.5, 0.6) is 0 Å². The number of nitrogens with zero attached hydrogens (tertiary/aromatic N) is 2. The Morgan fingerprint density at radius 2 is 1.61 bits per heavy atom. The summed E-state index contributed by atoms with van der Waals surface area (Å²) in [6.07, 6.45) is 0.539. The van der Waals surface area contributed by atoms with E-state index in [1.165, 1.54) is 0 Å². The molecule has 1 atom stereocenters. The van der Waals surface area contributed by atoms with E-state index in [0.717, 1.165) is 18.2 Å². The third-order valence-corrected chi connectivity index (χ3v) is 7.66. The van der Waals surface area contributed by atoms with Crippen LogP contribution in [-0.2, 0) is 18.1 Å². The first-order chi connectivity index (χ1) is 15.8. The fourth-order valence-corrected chi connectivity index (χ4v) is 5.25. The van der Waals surface area contributed by atoms with Crippen molar-refractivity contribution in [1.29, 1.82) is 0 Å². The first kappa shape index (κ1) is 22.5. The molecule has 3 heterocycles. The molecule has 0 aliphatic carbocycles. The molecule has 0 saturated carbocycles. The largest absolute Gasteiger partial charge is 0.511 e. The molecule has 2 bridgehead atoms. The lowest BCUT2D eigenvalue weighted by molar-refractivity contribution is -0.394. The normalized spacial score (nSPS) is 21.2. The Morgan fingerprint density at radius 3 is 2.12 bits per heavy atom. The van der Waals surface area contributed by atoms with Crippen LogP contribution in [0.2, 0.25) is 6.04 Å². The van der Waals surface area contributed by atoms with Crippen LogP contribution >= 0.6 is 0 Å². The fraction of sp³-hybridized carbons (Fsp3) is 0.263. The summed E-state index contributed by atoms with van der Waals surface area (Å²) in [5, 5.41) is 27.5. The molecule has 3 aliphatic rings. The van der Waals surface area contributed by atoms with Gasteiger partial charge in [0, 0.05) is 24.7 Å². The van der Waals surface area contributed by atoms with Crippen molar-refractivity contribution < 1.29 is 32.7 Å². The standard InChI is InChI=1S/C19H18N4O9Si/c24-17(13-9-14(22(26)27)11-15(10-13)23(28)29)21-16(12-5-2-1-3-6-12)18(25)20-7-4-8-33-30-19(31-33)32-33/h1-3,5-6,9-11,16,19H,4,7-8H2,(H,20,25)(H,21,24)/t16-,19?,33?/m0/s1. The smallest absolute Gasteiger partial charge is 0.354 e. The van der Waals surface area contributed by atoms with E-state index in [4.69, 9.17) is 13.3 Å². The van der Waals surface area contributed by atoms with Crippen molar-refractivity contribution in [2.75, 3.05) is 6.54 Å². The summed E-state index contributed by atoms with van der Waals surface area (Å²) in [5.74, 6) is -1.39. The van der Waals surface area contributed by atoms with Gasteiger partial charge in [0.2, 0.25) is 5.91 Å². The topological polar surface area (TPSA) is 172 Å². The van der Waals surface area contributed by atoms with Gasteiger partial charge >= 0.3 is 8.80 Å². The van der Waals surface area contributed by atoms with E-state index in [9.17, 15) is 29.8 Å². The third-order valence-electron chi connectivity index (χ3n) is 5.04. The Hall–Kier alpha value is -3.72. The van der Waals surface area contributed by atoms with E-state index in [1.54, 1.807) is 30.3 Å². The van der Waals surface area contributed by atoms with Gasteiger partial charge in [-0.05, 0) is 12.0 Å². The van der Waals surface area contributed by atoms with Gasteiger partial charge in [0.15, 0.2) is 0 Å². The number of nitro benzene ring substituents is 2. The van der Waals surface area contributed by atoms with Crippen molar-refractivity contribution in [1.82, 2.24) is 10.6 Å². The molecule has 0 unspecified atom stereocenters. The molecule has 3 fully saturated rings. The van der Waals surface area contributed by atoms with Crippen molar-refractivity contribution in [2.24, 2.45) is 0 Å². The lowest BCUT2D eigenvalue weighted by Crippen LogP contribution is -2.75. The molecule has 0 spiro atoms. The quantitative estimate of drug-likeness (QED) is 0.225. The number of nitrogens with one attached hydrogen (secondary N) is 2. The summed E-state index contributed by atoms with van der Waals surface area (Å²) in [7, 11) is -2.45. The Labute approximate surface area is 187 Å². The second-order valence-corrected chi connectivity index (χ2v) is 9.86. The summed E-state index contributed by atoms with van der Waals surface area (Å²) in [6, 6.07) is 10.4. The number of carbonyl (C=O) groups is 2. The molecule has 14 heteroatoms. The number of benzene rings is 2. The van der Waals surface area contributed by atoms with Crippen LogP contribution in [0.3, 0.4) is 0 Å². The van der Waals surface area contributed by atoms with Gasteiger partial charge in [-0.15, -0.1) is 0 Å². The molecule has 2 amide bonds. The highest BCUT2D eigenvalue weighted by atomic mass is 28.4. The number of non-ortho nitro benzene ring substituents is 2. The van der Waals surface area contributed by atoms with E-state index in [-0.39, 0.29) is 12.1 Å². The molecule has 3 saturated heterocycles. The Balaban J connectivity index is 1.46. The Morgan fingerprint density at radius 1 is 1.00 bits per heavy atom. The molecule has 172 valence electrons. The molecule has 0 radical (unpaired) electrons. The minimum atomic E-state index is -2.45. The highest BCUT2D eigenvalue weighted by Gasteiger charge is 2.68. The van der Waals surface area contributed by atoms with Crippen molar-refractivity contribution >= 4 is 32.0 Å². The maximum atomic E-state index is 12.9. The first-order valence-corrected chi connectivity index (χ1v) is 11.8. The predicted octanol–water partition coefficient (Wildman–Crippen LogP) is 1.78. The van der Waals surface area contributed by atoms with Crippen LogP contribution in [0, 0.1) is 20.2 Å². The number of nitro groups is 2. The summed E-state index contributed by atoms with van der Waals surface area (Å²) in [6.45, 7) is -0.260. The van der Waals surface area contributed by atoms with Crippen LogP contribution in [-0.4, -0.2) is 43.5 Å². The van der Waals surface area contributed by atoms with Gasteiger partial charge in [-0.2, -0.15) is 0 Å². The molecular formula is C19H18N4O9Si. The molecule has 2 aromatic rings. The minimum Gasteiger partial charge on any atom is -0.354 e. The highest BCUT2D eigenvalue weighted by molar-refractivity contribution is 6.65. The van der Waals surface area contributed by atoms with Crippen molar-refractivity contribution in [2.45, 2.75) is 25.0 Å².